The van der Waals surface area contributed by atoms with E-state index in [0.717, 1.165) is 20.9 Å². The average molecular weight is 469 g/mol. The monoisotopic (exact) mass is 468 g/mol. The number of Topliss-reactive ketones (excluding diaryl/α,β-unsaturated/α-hetero) is 2. The first-order valence-electron chi connectivity index (χ1n) is 10.7. The second-order valence-corrected chi connectivity index (χ2v) is 10.7. The fourth-order valence-corrected chi connectivity index (χ4v) is 6.21. The maximum atomic E-state index is 14.2. The Morgan fingerprint density at radius 1 is 0.515 bits per heavy atom. The number of hydrogen-bond acceptors (Lipinski definition) is 4. The van der Waals surface area contributed by atoms with Crippen LogP contribution < -0.4 is 0 Å². The molecule has 0 aliphatic rings. The van der Waals surface area contributed by atoms with Crippen molar-refractivity contribution in [3.8, 4) is 0 Å². The fourth-order valence-electron chi connectivity index (χ4n) is 3.41. The lowest BCUT2D eigenvalue weighted by Crippen LogP contribution is -2.40. The largest absolute Gasteiger partial charge is 0.291 e. The minimum atomic E-state index is -1.42. The highest BCUT2D eigenvalue weighted by Gasteiger charge is 2.48. The third-order valence-electron chi connectivity index (χ3n) is 5.23. The Morgan fingerprint density at radius 3 is 1.18 bits per heavy atom. The molecule has 0 amide bonds. The maximum Gasteiger partial charge on any atom is 0.197 e. The van der Waals surface area contributed by atoms with E-state index in [-0.39, 0.29) is 11.6 Å². The number of benzene rings is 4. The van der Waals surface area contributed by atoms with Crippen molar-refractivity contribution >= 4 is 35.1 Å². The SMILES string of the molecule is Cc1ccc(SC(Sc2ccc(C)cc2)(C(=O)c2ccccc2)C(=O)c2ccccc2)cc1. The molecule has 0 N–H and O–H groups in total. The van der Waals surface area contributed by atoms with E-state index in [0.29, 0.717) is 11.1 Å². The van der Waals surface area contributed by atoms with Gasteiger partial charge >= 0.3 is 0 Å². The van der Waals surface area contributed by atoms with Gasteiger partial charge in [0.25, 0.3) is 0 Å². The van der Waals surface area contributed by atoms with Gasteiger partial charge in [0, 0.05) is 20.9 Å². The summed E-state index contributed by atoms with van der Waals surface area (Å²) < 4.78 is -1.42. The molecule has 0 bridgehead atoms. The van der Waals surface area contributed by atoms with Crippen LogP contribution in [0, 0.1) is 13.8 Å². The van der Waals surface area contributed by atoms with Gasteiger partial charge in [-0.2, -0.15) is 0 Å². The molecule has 0 fully saturated rings. The molecule has 2 nitrogen and oxygen atoms in total. The zero-order valence-electron chi connectivity index (χ0n) is 18.5. The highest BCUT2D eigenvalue weighted by Crippen LogP contribution is 2.49. The van der Waals surface area contributed by atoms with Crippen LogP contribution in [0.4, 0.5) is 0 Å². The van der Waals surface area contributed by atoms with E-state index in [1.807, 2.05) is 98.8 Å². The molecule has 0 aromatic heterocycles. The van der Waals surface area contributed by atoms with Crippen LogP contribution in [0.1, 0.15) is 31.8 Å². The van der Waals surface area contributed by atoms with Gasteiger partial charge in [-0.15, -0.1) is 0 Å². The molecule has 33 heavy (non-hydrogen) atoms. The maximum absolute atomic E-state index is 14.2. The third kappa shape index (κ3) is 5.29. The molecule has 164 valence electrons. The van der Waals surface area contributed by atoms with Gasteiger partial charge in [-0.25, -0.2) is 0 Å². The molecule has 4 rings (SSSR count). The first kappa shape index (κ1) is 23.1. The van der Waals surface area contributed by atoms with Crippen LogP contribution in [0.3, 0.4) is 0 Å². The summed E-state index contributed by atoms with van der Waals surface area (Å²) >= 11 is 2.63. The highest BCUT2D eigenvalue weighted by molar-refractivity contribution is 8.20. The van der Waals surface area contributed by atoms with Crippen LogP contribution in [0.5, 0.6) is 0 Å². The van der Waals surface area contributed by atoms with Gasteiger partial charge in [-0.05, 0) is 38.1 Å². The van der Waals surface area contributed by atoms with E-state index in [1.165, 1.54) is 23.5 Å². The predicted octanol–water partition coefficient (Wildman–Crippen LogP) is 7.65. The Kier molecular flexibility index (Phi) is 7.17. The van der Waals surface area contributed by atoms with Crippen molar-refractivity contribution in [2.75, 3.05) is 0 Å². The van der Waals surface area contributed by atoms with E-state index in [9.17, 15) is 9.59 Å². The molecule has 0 atom stereocenters. The van der Waals surface area contributed by atoms with E-state index < -0.39 is 4.08 Å². The summed E-state index contributed by atoms with van der Waals surface area (Å²) in [5.74, 6) is -0.429. The van der Waals surface area contributed by atoms with Crippen molar-refractivity contribution in [2.24, 2.45) is 0 Å². The van der Waals surface area contributed by atoms with Crippen LogP contribution in [0.2, 0.25) is 0 Å². The number of carbonyl (C=O) groups excluding carboxylic acids is 2. The molecule has 4 aromatic rings. The Bertz CT molecular complexity index is 1130. The lowest BCUT2D eigenvalue weighted by molar-refractivity contribution is 0.0887. The first-order chi connectivity index (χ1) is 16.0. The minimum absolute atomic E-state index is 0.215. The number of aryl methyl sites for hydroxylation is 2. The van der Waals surface area contributed by atoms with Crippen molar-refractivity contribution in [3.63, 3.8) is 0 Å². The molecule has 0 aliphatic heterocycles. The first-order valence-corrected chi connectivity index (χ1v) is 12.3. The van der Waals surface area contributed by atoms with Crippen molar-refractivity contribution in [3.05, 3.63) is 131 Å². The topological polar surface area (TPSA) is 34.1 Å². The van der Waals surface area contributed by atoms with Crippen molar-refractivity contribution in [1.29, 1.82) is 0 Å². The smallest absolute Gasteiger partial charge is 0.197 e. The van der Waals surface area contributed by atoms with E-state index in [2.05, 4.69) is 0 Å². The van der Waals surface area contributed by atoms with Gasteiger partial charge in [0.1, 0.15) is 0 Å². The normalized spacial score (nSPS) is 11.2. The standard InChI is InChI=1S/C29H24O2S2/c1-21-13-17-25(18-14-21)32-29(27(30)23-9-5-3-6-10-23,28(31)24-11-7-4-8-12-24)33-26-19-15-22(2)16-20-26/h3-20H,1-2H3. The average Bonchev–Trinajstić information content (AvgIpc) is 2.86. The molecule has 0 saturated carbocycles. The number of hydrogen-bond donors (Lipinski definition) is 0. The molecule has 0 aliphatic carbocycles. The molecule has 0 unspecified atom stereocenters. The summed E-state index contributed by atoms with van der Waals surface area (Å²) in [6.45, 7) is 4.04. The van der Waals surface area contributed by atoms with Crippen molar-refractivity contribution in [2.45, 2.75) is 27.7 Å². The fraction of sp³-hybridized carbons (Fsp3) is 0.103. The van der Waals surface area contributed by atoms with Crippen LogP contribution in [0.25, 0.3) is 0 Å². The Labute approximate surface area is 203 Å². The lowest BCUT2D eigenvalue weighted by Gasteiger charge is -2.30. The van der Waals surface area contributed by atoms with E-state index in [1.54, 1.807) is 24.3 Å². The number of rotatable bonds is 8. The Balaban J connectivity index is 1.90. The predicted molar refractivity (Wildman–Crippen MR) is 138 cm³/mol. The summed E-state index contributed by atoms with van der Waals surface area (Å²) in [7, 11) is 0. The molecule has 4 aromatic carbocycles. The quantitative estimate of drug-likeness (QED) is 0.115. The van der Waals surface area contributed by atoms with Crippen LogP contribution in [0.15, 0.2) is 119 Å². The van der Waals surface area contributed by atoms with Crippen molar-refractivity contribution < 1.29 is 9.59 Å². The lowest BCUT2D eigenvalue weighted by atomic mass is 10.0. The summed E-state index contributed by atoms with van der Waals surface area (Å²) in [6, 6.07) is 34.1. The Hall–Kier alpha value is -3.08. The second-order valence-electron chi connectivity index (χ2n) is 7.84. The molecular weight excluding hydrogens is 444 g/mol. The van der Waals surface area contributed by atoms with Gasteiger partial charge in [0.05, 0.1) is 0 Å². The molecule has 0 saturated heterocycles. The summed E-state index contributed by atoms with van der Waals surface area (Å²) in [4.78, 5) is 30.1. The highest BCUT2D eigenvalue weighted by atomic mass is 32.2. The molecular formula is C29H24O2S2. The second kappa shape index (κ2) is 10.2. The number of ketones is 2. The molecule has 0 radical (unpaired) electrons. The van der Waals surface area contributed by atoms with Crippen molar-refractivity contribution in [1.82, 2.24) is 0 Å². The number of thioether (sulfide) groups is 2. The van der Waals surface area contributed by atoms with E-state index >= 15 is 0 Å². The zero-order chi connectivity index (χ0) is 23.3. The summed E-state index contributed by atoms with van der Waals surface area (Å²) in [5.41, 5.74) is 3.28. The van der Waals surface area contributed by atoms with Crippen LogP contribution >= 0.6 is 23.5 Å². The van der Waals surface area contributed by atoms with E-state index in [4.69, 9.17) is 0 Å². The molecule has 0 heterocycles. The summed E-state index contributed by atoms with van der Waals surface area (Å²) in [5, 5.41) is 0. The van der Waals surface area contributed by atoms with Gasteiger partial charge in [-0.3, -0.25) is 9.59 Å². The van der Waals surface area contributed by atoms with Gasteiger partial charge in [0.15, 0.2) is 15.6 Å². The molecule has 4 heteroatoms. The van der Waals surface area contributed by atoms with Crippen LogP contribution in [-0.2, 0) is 0 Å². The third-order valence-corrected chi connectivity index (χ3v) is 8.07. The minimum Gasteiger partial charge on any atom is -0.291 e. The van der Waals surface area contributed by atoms with Gasteiger partial charge in [0.2, 0.25) is 0 Å². The van der Waals surface area contributed by atoms with Gasteiger partial charge in [-0.1, -0.05) is 120 Å². The van der Waals surface area contributed by atoms with Crippen LogP contribution in [-0.4, -0.2) is 15.6 Å². The Morgan fingerprint density at radius 2 is 0.848 bits per heavy atom. The van der Waals surface area contributed by atoms with Gasteiger partial charge < -0.3 is 0 Å². The number of carbonyl (C=O) groups is 2. The summed E-state index contributed by atoms with van der Waals surface area (Å²) in [6.07, 6.45) is 0. The molecule has 0 spiro atoms. The zero-order valence-corrected chi connectivity index (χ0v) is 20.2.